The minimum Gasteiger partial charge on any atom is -0.465 e. The van der Waals surface area contributed by atoms with Crippen molar-refractivity contribution in [3.63, 3.8) is 0 Å². The second-order valence-corrected chi connectivity index (χ2v) is 15.9. The maximum Gasteiger partial charge on any atom is 0.407 e. The minimum absolute atomic E-state index is 0.0226. The SMILES string of the molecule is CCN(CC)[C@@H](C(=O)N1CCC[C@H]1c1ncc(-c2ccc(-c3ccc(-c4cnc([C@@H]5CCCN5C(=O)[C@@H](c5ccccc5)N(C)C(=O)O)[nH]4)c(F)c3)cc2F)[nH]1)c1ccccc1. The molecule has 8 rings (SSSR count). The zero-order valence-corrected chi connectivity index (χ0v) is 35.0. The fraction of sp³-hybridized carbons (Fsp3) is 0.312. The van der Waals surface area contributed by atoms with Crippen LogP contribution in [0.1, 0.15) is 86.5 Å². The molecule has 2 aromatic heterocycles. The summed E-state index contributed by atoms with van der Waals surface area (Å²) in [5.74, 6) is -0.312. The first-order valence-corrected chi connectivity index (χ1v) is 21.2. The molecule has 0 saturated carbocycles. The van der Waals surface area contributed by atoms with Gasteiger partial charge in [0, 0.05) is 31.3 Å². The summed E-state index contributed by atoms with van der Waals surface area (Å²) in [7, 11) is 1.38. The van der Waals surface area contributed by atoms with Gasteiger partial charge in [-0.15, -0.1) is 0 Å². The van der Waals surface area contributed by atoms with Gasteiger partial charge in [0.05, 0.1) is 35.9 Å². The first kappa shape index (κ1) is 42.0. The van der Waals surface area contributed by atoms with E-state index in [-0.39, 0.29) is 23.4 Å². The molecule has 6 aromatic rings. The van der Waals surface area contributed by atoms with Gasteiger partial charge in [0.15, 0.2) is 0 Å². The Kier molecular flexibility index (Phi) is 12.3. The first-order valence-electron chi connectivity index (χ1n) is 21.2. The maximum atomic E-state index is 15.9. The van der Waals surface area contributed by atoms with E-state index < -0.39 is 35.9 Å². The lowest BCUT2D eigenvalue weighted by atomic mass is 10.00. The molecule has 320 valence electrons. The highest BCUT2D eigenvalue weighted by Gasteiger charge is 2.40. The van der Waals surface area contributed by atoms with E-state index in [4.69, 9.17) is 0 Å². The molecule has 0 bridgehead atoms. The molecule has 2 aliphatic rings. The highest BCUT2D eigenvalue weighted by Crippen LogP contribution is 2.38. The number of halogens is 2. The third-order valence-corrected chi connectivity index (χ3v) is 12.3. The maximum absolute atomic E-state index is 15.9. The van der Waals surface area contributed by atoms with Gasteiger partial charge < -0.3 is 24.9 Å². The largest absolute Gasteiger partial charge is 0.465 e. The minimum atomic E-state index is -1.22. The first-order chi connectivity index (χ1) is 30.1. The van der Waals surface area contributed by atoms with Gasteiger partial charge in [-0.1, -0.05) is 86.6 Å². The van der Waals surface area contributed by atoms with Crippen LogP contribution in [-0.4, -0.2) is 95.8 Å². The Balaban J connectivity index is 0.974. The van der Waals surface area contributed by atoms with Crippen LogP contribution in [0.2, 0.25) is 0 Å². The van der Waals surface area contributed by atoms with Crippen LogP contribution in [-0.2, 0) is 9.59 Å². The van der Waals surface area contributed by atoms with E-state index in [1.807, 2.05) is 35.2 Å². The summed E-state index contributed by atoms with van der Waals surface area (Å²) in [5, 5.41) is 9.80. The van der Waals surface area contributed by atoms with Crippen LogP contribution in [0.3, 0.4) is 0 Å². The fourth-order valence-corrected chi connectivity index (χ4v) is 9.07. The number of aromatic amines is 2. The van der Waals surface area contributed by atoms with Crippen LogP contribution in [0.15, 0.2) is 109 Å². The lowest BCUT2D eigenvalue weighted by molar-refractivity contribution is -0.138. The van der Waals surface area contributed by atoms with Crippen LogP contribution in [0.25, 0.3) is 33.6 Å². The molecule has 2 saturated heterocycles. The molecule has 3 N–H and O–H groups in total. The van der Waals surface area contributed by atoms with E-state index in [1.165, 1.54) is 25.4 Å². The molecule has 2 aliphatic heterocycles. The average molecular weight is 841 g/mol. The number of hydrogen-bond acceptors (Lipinski definition) is 6. The Morgan fingerprint density at radius 3 is 1.55 bits per heavy atom. The van der Waals surface area contributed by atoms with E-state index in [0.717, 1.165) is 36.4 Å². The van der Waals surface area contributed by atoms with Crippen molar-refractivity contribution in [1.82, 2.24) is 39.5 Å². The number of rotatable bonds is 13. The highest BCUT2D eigenvalue weighted by molar-refractivity contribution is 5.87. The molecule has 0 aliphatic carbocycles. The van der Waals surface area contributed by atoms with Gasteiger partial charge in [-0.3, -0.25) is 19.4 Å². The number of nitrogens with one attached hydrogen (secondary N) is 2. The molecule has 0 spiro atoms. The molecule has 4 heterocycles. The molecular formula is C48H50F2N8O4. The van der Waals surface area contributed by atoms with Crippen LogP contribution in [0.5, 0.6) is 0 Å². The van der Waals surface area contributed by atoms with Gasteiger partial charge >= 0.3 is 6.09 Å². The molecule has 2 fully saturated rings. The Morgan fingerprint density at radius 2 is 1.13 bits per heavy atom. The van der Waals surface area contributed by atoms with Crippen molar-refractivity contribution < 1.29 is 28.3 Å². The van der Waals surface area contributed by atoms with E-state index >= 15 is 8.78 Å². The molecule has 4 aromatic carbocycles. The summed E-state index contributed by atoms with van der Waals surface area (Å²) >= 11 is 0. The van der Waals surface area contributed by atoms with Gasteiger partial charge in [0.25, 0.3) is 5.91 Å². The number of aromatic nitrogens is 4. The predicted octanol–water partition coefficient (Wildman–Crippen LogP) is 9.17. The monoisotopic (exact) mass is 840 g/mol. The number of H-pyrrole nitrogens is 2. The molecule has 12 nitrogen and oxygen atoms in total. The van der Waals surface area contributed by atoms with Crippen molar-refractivity contribution in [3.8, 4) is 33.6 Å². The van der Waals surface area contributed by atoms with Crippen molar-refractivity contribution in [2.24, 2.45) is 0 Å². The standard InChI is InChI=1S/C48H50F2N8O4/c1-4-56(5-2)43(31-16-10-7-11-17-31)47(60)58-25-13-19-41(58)45-52-29-39(54-45)35-23-21-33(27-37(35)50)32-20-22-34(36(49)26-32)38-28-51-44(53-38)40-18-12-24-57(40)46(59)42(55(3)48(61)62)30-14-8-6-9-15-30/h6-11,14-17,20-23,26-29,40-43H,4-5,12-13,18-19,24-25H2,1-3H3,(H,51,53)(H,52,54)(H,61,62)/t40-,41-,42+,43+/m0/s1. The summed E-state index contributed by atoms with van der Waals surface area (Å²) < 4.78 is 31.8. The molecule has 14 heteroatoms. The normalized spacial score (nSPS) is 17.4. The van der Waals surface area contributed by atoms with E-state index in [0.29, 0.717) is 71.2 Å². The summed E-state index contributed by atoms with van der Waals surface area (Å²) in [4.78, 5) is 62.6. The van der Waals surface area contributed by atoms with Gasteiger partial charge in [0.2, 0.25) is 5.91 Å². The third-order valence-electron chi connectivity index (χ3n) is 12.3. The Hall–Kier alpha value is -6.67. The highest BCUT2D eigenvalue weighted by atomic mass is 19.1. The number of benzene rings is 4. The number of imidazole rings is 2. The van der Waals surface area contributed by atoms with E-state index in [9.17, 15) is 19.5 Å². The molecule has 62 heavy (non-hydrogen) atoms. The van der Waals surface area contributed by atoms with Crippen molar-refractivity contribution in [2.75, 3.05) is 33.2 Å². The summed E-state index contributed by atoms with van der Waals surface area (Å²) in [6.07, 6.45) is 4.75. The zero-order valence-electron chi connectivity index (χ0n) is 35.0. The van der Waals surface area contributed by atoms with E-state index in [1.54, 1.807) is 65.7 Å². The summed E-state index contributed by atoms with van der Waals surface area (Å²) in [5.41, 5.74) is 3.92. The summed E-state index contributed by atoms with van der Waals surface area (Å²) in [6.45, 7) is 6.58. The number of carbonyl (C=O) groups is 3. The van der Waals surface area contributed by atoms with Gasteiger partial charge in [0.1, 0.15) is 35.4 Å². The van der Waals surface area contributed by atoms with Crippen molar-refractivity contribution in [2.45, 2.75) is 63.7 Å². The Morgan fingerprint density at radius 1 is 0.694 bits per heavy atom. The number of carboxylic acid groups (broad SMARTS) is 1. The van der Waals surface area contributed by atoms with Crippen molar-refractivity contribution in [1.29, 1.82) is 0 Å². The van der Waals surface area contributed by atoms with Gasteiger partial charge in [-0.25, -0.2) is 23.5 Å². The second kappa shape index (κ2) is 18.1. The quantitative estimate of drug-likeness (QED) is 0.105. The average Bonchev–Trinajstić information content (AvgIpc) is 4.13. The lowest BCUT2D eigenvalue weighted by Gasteiger charge is -2.34. The molecule has 4 atom stereocenters. The molecular weight excluding hydrogens is 791 g/mol. The van der Waals surface area contributed by atoms with Gasteiger partial charge in [-0.05, 0) is 85.3 Å². The van der Waals surface area contributed by atoms with E-state index in [2.05, 4.69) is 38.7 Å². The van der Waals surface area contributed by atoms with Crippen molar-refractivity contribution in [3.05, 3.63) is 144 Å². The number of nitrogens with zero attached hydrogens (tertiary/aromatic N) is 6. The van der Waals surface area contributed by atoms with Crippen molar-refractivity contribution >= 4 is 17.9 Å². The van der Waals surface area contributed by atoms with Crippen LogP contribution in [0, 0.1) is 11.6 Å². The Bertz CT molecular complexity index is 2540. The molecule has 3 amide bonds. The molecule has 0 radical (unpaired) electrons. The van der Waals surface area contributed by atoms with Crippen LogP contribution >= 0.6 is 0 Å². The number of likely N-dealkylation sites (tertiary alicyclic amines) is 2. The topological polar surface area (TPSA) is 142 Å². The second-order valence-electron chi connectivity index (χ2n) is 15.9. The number of carbonyl (C=O) groups excluding carboxylic acids is 2. The fourth-order valence-electron chi connectivity index (χ4n) is 9.07. The molecule has 0 unspecified atom stereocenters. The van der Waals surface area contributed by atoms with Crippen LogP contribution in [0.4, 0.5) is 13.6 Å². The number of hydrogen-bond donors (Lipinski definition) is 3. The zero-order chi connectivity index (χ0) is 43.5. The summed E-state index contributed by atoms with van der Waals surface area (Å²) in [6, 6.07) is 25.9. The van der Waals surface area contributed by atoms with Crippen LogP contribution < -0.4 is 0 Å². The lowest BCUT2D eigenvalue weighted by Crippen LogP contribution is -2.43. The van der Waals surface area contributed by atoms with Gasteiger partial charge in [-0.2, -0.15) is 0 Å². The smallest absolute Gasteiger partial charge is 0.407 e. The number of likely N-dealkylation sites (N-methyl/N-ethyl adjacent to an activating group) is 2. The predicted molar refractivity (Wildman–Crippen MR) is 231 cm³/mol. The third kappa shape index (κ3) is 8.22. The number of amides is 3. The Labute approximate surface area is 359 Å².